The summed E-state index contributed by atoms with van der Waals surface area (Å²) in [6.45, 7) is 0.194. The highest BCUT2D eigenvalue weighted by Gasteiger charge is 2.14. The van der Waals surface area contributed by atoms with Gasteiger partial charge in [0.1, 0.15) is 11.6 Å². The van der Waals surface area contributed by atoms with Gasteiger partial charge in [0.25, 0.3) is 5.56 Å². The molecule has 0 N–H and O–H groups in total. The van der Waals surface area contributed by atoms with Crippen LogP contribution in [0.2, 0.25) is 5.02 Å². The number of halogens is 2. The van der Waals surface area contributed by atoms with Crippen LogP contribution in [0.3, 0.4) is 0 Å². The molecule has 1 aliphatic heterocycles. The molecule has 0 bridgehead atoms. The normalized spacial score (nSPS) is 12.7. The number of hydrogen-bond donors (Lipinski definition) is 0. The summed E-state index contributed by atoms with van der Waals surface area (Å²) in [6, 6.07) is 16.7. The Morgan fingerprint density at radius 2 is 1.83 bits per heavy atom. The summed E-state index contributed by atoms with van der Waals surface area (Å²) in [5, 5.41) is 0.386. The van der Waals surface area contributed by atoms with Crippen molar-refractivity contribution < 1.29 is 13.9 Å². The lowest BCUT2D eigenvalue weighted by Crippen LogP contribution is -2.22. The van der Waals surface area contributed by atoms with E-state index < -0.39 is 5.82 Å². The van der Waals surface area contributed by atoms with Crippen LogP contribution in [-0.4, -0.2) is 16.3 Å². The van der Waals surface area contributed by atoms with Crippen molar-refractivity contribution in [2.45, 2.75) is 0 Å². The zero-order valence-corrected chi connectivity index (χ0v) is 16.3. The number of fused-ring (bicyclic) bond motifs is 2. The Hall–Kier alpha value is -3.64. The summed E-state index contributed by atoms with van der Waals surface area (Å²) in [5.74, 6) is 1.18. The standard InChI is InChI=1S/C23H14ClFN2O3/c24-17-12-15(7-8-18(17)25)27-22(26-19-4-2-1-3-16(19)23(27)28)10-6-14-5-9-20-21(11-14)30-13-29-20/h1-12H,13H2. The number of ether oxygens (including phenoxy) is 2. The van der Waals surface area contributed by atoms with Crippen molar-refractivity contribution in [3.05, 3.63) is 93.2 Å². The molecule has 1 aromatic heterocycles. The summed E-state index contributed by atoms with van der Waals surface area (Å²) in [4.78, 5) is 17.9. The lowest BCUT2D eigenvalue weighted by molar-refractivity contribution is 0.174. The molecule has 7 heteroatoms. The van der Waals surface area contributed by atoms with E-state index in [-0.39, 0.29) is 17.4 Å². The van der Waals surface area contributed by atoms with E-state index in [9.17, 15) is 9.18 Å². The van der Waals surface area contributed by atoms with Crippen molar-refractivity contribution >= 4 is 34.7 Å². The number of benzene rings is 3. The van der Waals surface area contributed by atoms with E-state index in [1.807, 2.05) is 30.3 Å². The first-order valence-electron chi connectivity index (χ1n) is 9.15. The molecule has 5 nitrogen and oxygen atoms in total. The molecule has 4 aromatic rings. The molecule has 0 aliphatic carbocycles. The topological polar surface area (TPSA) is 53.4 Å². The van der Waals surface area contributed by atoms with Crippen molar-refractivity contribution in [2.24, 2.45) is 0 Å². The molecule has 1 aliphatic rings. The van der Waals surface area contributed by atoms with E-state index in [1.165, 1.54) is 22.8 Å². The summed E-state index contributed by atoms with van der Waals surface area (Å²) >= 11 is 5.96. The zero-order valence-electron chi connectivity index (χ0n) is 15.5. The Labute approximate surface area is 175 Å². The van der Waals surface area contributed by atoms with Gasteiger partial charge in [-0.25, -0.2) is 9.37 Å². The van der Waals surface area contributed by atoms with Crippen LogP contribution < -0.4 is 15.0 Å². The van der Waals surface area contributed by atoms with Crippen molar-refractivity contribution in [3.8, 4) is 17.2 Å². The predicted molar refractivity (Wildman–Crippen MR) is 114 cm³/mol. The highest BCUT2D eigenvalue weighted by Crippen LogP contribution is 2.33. The van der Waals surface area contributed by atoms with E-state index in [0.717, 1.165) is 5.56 Å². The van der Waals surface area contributed by atoms with Crippen molar-refractivity contribution in [3.63, 3.8) is 0 Å². The Kier molecular flexibility index (Phi) is 4.48. The smallest absolute Gasteiger partial charge is 0.266 e. The highest BCUT2D eigenvalue weighted by molar-refractivity contribution is 6.30. The van der Waals surface area contributed by atoms with Gasteiger partial charge >= 0.3 is 0 Å². The van der Waals surface area contributed by atoms with Crippen molar-refractivity contribution in [2.75, 3.05) is 6.79 Å². The third kappa shape index (κ3) is 3.21. The van der Waals surface area contributed by atoms with Gasteiger partial charge in [0.2, 0.25) is 6.79 Å². The maximum atomic E-state index is 13.7. The van der Waals surface area contributed by atoms with Gasteiger partial charge in [-0.05, 0) is 54.1 Å². The first kappa shape index (κ1) is 18.4. The highest BCUT2D eigenvalue weighted by atomic mass is 35.5. The first-order chi connectivity index (χ1) is 14.6. The van der Waals surface area contributed by atoms with Gasteiger partial charge in [0, 0.05) is 0 Å². The molecule has 5 rings (SSSR count). The molecular formula is C23H14ClFN2O3. The second-order valence-electron chi connectivity index (χ2n) is 6.67. The van der Waals surface area contributed by atoms with Gasteiger partial charge < -0.3 is 9.47 Å². The summed E-state index contributed by atoms with van der Waals surface area (Å²) < 4.78 is 25.8. The number of para-hydroxylation sites is 1. The fourth-order valence-electron chi connectivity index (χ4n) is 3.32. The molecule has 148 valence electrons. The minimum absolute atomic E-state index is 0.0711. The maximum Gasteiger partial charge on any atom is 0.266 e. The molecule has 0 saturated heterocycles. The van der Waals surface area contributed by atoms with Crippen LogP contribution in [0.4, 0.5) is 4.39 Å². The van der Waals surface area contributed by atoms with Gasteiger partial charge in [0.05, 0.1) is 21.6 Å². The van der Waals surface area contributed by atoms with Crippen LogP contribution in [0.1, 0.15) is 11.4 Å². The minimum Gasteiger partial charge on any atom is -0.454 e. The van der Waals surface area contributed by atoms with Crippen molar-refractivity contribution in [1.82, 2.24) is 9.55 Å². The molecule has 2 heterocycles. The number of nitrogens with zero attached hydrogens (tertiary/aromatic N) is 2. The van der Waals surface area contributed by atoms with E-state index in [0.29, 0.717) is 33.9 Å². The quantitative estimate of drug-likeness (QED) is 0.464. The molecule has 30 heavy (non-hydrogen) atoms. The van der Waals surface area contributed by atoms with Crippen LogP contribution in [0.5, 0.6) is 11.5 Å². The van der Waals surface area contributed by atoms with Crippen LogP contribution in [0.15, 0.2) is 65.5 Å². The average molecular weight is 421 g/mol. The van der Waals surface area contributed by atoms with Crippen LogP contribution in [0.25, 0.3) is 28.7 Å². The summed E-state index contributed by atoms with van der Waals surface area (Å²) in [5.41, 5.74) is 1.58. The third-order valence-corrected chi connectivity index (χ3v) is 5.07. The van der Waals surface area contributed by atoms with Gasteiger partial charge in [-0.15, -0.1) is 0 Å². The molecule has 3 aromatic carbocycles. The average Bonchev–Trinajstić information content (AvgIpc) is 3.22. The fraction of sp³-hybridized carbons (Fsp3) is 0.0435. The minimum atomic E-state index is -0.556. The largest absolute Gasteiger partial charge is 0.454 e. The Morgan fingerprint density at radius 3 is 2.70 bits per heavy atom. The lowest BCUT2D eigenvalue weighted by Gasteiger charge is -2.12. The molecule has 0 unspecified atom stereocenters. The van der Waals surface area contributed by atoms with Crippen LogP contribution in [0, 0.1) is 5.82 Å². The molecule has 0 saturated carbocycles. The number of hydrogen-bond acceptors (Lipinski definition) is 4. The van der Waals surface area contributed by atoms with Gasteiger partial charge in [0.15, 0.2) is 11.5 Å². The first-order valence-corrected chi connectivity index (χ1v) is 9.53. The maximum absolute atomic E-state index is 13.7. The third-order valence-electron chi connectivity index (χ3n) is 4.78. The zero-order chi connectivity index (χ0) is 20.7. The van der Waals surface area contributed by atoms with E-state index in [2.05, 4.69) is 4.98 Å². The Morgan fingerprint density at radius 1 is 1.00 bits per heavy atom. The molecule has 0 fully saturated rings. The Balaban J connectivity index is 1.68. The molecule has 0 atom stereocenters. The van der Waals surface area contributed by atoms with Gasteiger partial charge in [-0.3, -0.25) is 9.36 Å². The second kappa shape index (κ2) is 7.31. The molecule has 0 radical (unpaired) electrons. The Bertz CT molecular complexity index is 1380. The summed E-state index contributed by atoms with van der Waals surface area (Å²) in [7, 11) is 0. The predicted octanol–water partition coefficient (Wildman–Crippen LogP) is 5.08. The molecule has 0 spiro atoms. The van der Waals surface area contributed by atoms with Crippen LogP contribution >= 0.6 is 11.6 Å². The van der Waals surface area contributed by atoms with Gasteiger partial charge in [-0.1, -0.05) is 35.9 Å². The molecule has 0 amide bonds. The lowest BCUT2D eigenvalue weighted by atomic mass is 10.1. The van der Waals surface area contributed by atoms with E-state index in [4.69, 9.17) is 21.1 Å². The molecular weight excluding hydrogens is 407 g/mol. The van der Waals surface area contributed by atoms with Gasteiger partial charge in [-0.2, -0.15) is 0 Å². The summed E-state index contributed by atoms with van der Waals surface area (Å²) in [6.07, 6.45) is 3.54. The monoisotopic (exact) mass is 420 g/mol. The van der Waals surface area contributed by atoms with Crippen molar-refractivity contribution in [1.29, 1.82) is 0 Å². The SMILES string of the molecule is O=c1c2ccccc2nc(C=Cc2ccc3c(c2)OCO3)n1-c1ccc(F)c(Cl)c1. The van der Waals surface area contributed by atoms with E-state index in [1.54, 1.807) is 24.3 Å². The van der Waals surface area contributed by atoms with E-state index >= 15 is 0 Å². The number of rotatable bonds is 3. The fourth-order valence-corrected chi connectivity index (χ4v) is 3.50. The number of aromatic nitrogens is 2. The second-order valence-corrected chi connectivity index (χ2v) is 7.08. The van der Waals surface area contributed by atoms with Crippen LogP contribution in [-0.2, 0) is 0 Å².